The molecule has 0 N–H and O–H groups in total. The summed E-state index contributed by atoms with van der Waals surface area (Å²) in [6, 6.07) is 0. The van der Waals surface area contributed by atoms with Gasteiger partial charge in [0.2, 0.25) is 0 Å². The number of nitrogens with zero attached hydrogens (tertiary/aromatic N) is 2. The maximum atomic E-state index is 13.3. The molecular formula is C26H38N2O4. The standard InChI is InChI=1S/C26H38N2O4/c29-23(25-10-17-4-18(11-25)6-19(5-17)12-25)31-27-2-1-3-28(16-27)32-24(30)26-13-20-7-21(14-26)9-22(8-20)15-26/h17-22H,1-16H2. The van der Waals surface area contributed by atoms with E-state index in [1.807, 2.05) is 0 Å². The molecule has 8 aliphatic carbocycles. The molecule has 6 nitrogen and oxygen atoms in total. The zero-order chi connectivity index (χ0) is 21.5. The van der Waals surface area contributed by atoms with Gasteiger partial charge in [-0.2, -0.15) is 0 Å². The van der Waals surface area contributed by atoms with Gasteiger partial charge in [-0.25, -0.2) is 9.59 Å². The lowest BCUT2D eigenvalue weighted by molar-refractivity contribution is -0.274. The van der Waals surface area contributed by atoms with Crippen molar-refractivity contribution in [3.63, 3.8) is 0 Å². The van der Waals surface area contributed by atoms with Crippen LogP contribution in [-0.4, -0.2) is 41.8 Å². The number of hydrogen-bond acceptors (Lipinski definition) is 6. The van der Waals surface area contributed by atoms with Crippen molar-refractivity contribution in [2.75, 3.05) is 19.8 Å². The second-order valence-electron chi connectivity index (χ2n) is 13.1. The molecule has 0 aromatic rings. The van der Waals surface area contributed by atoms with Crippen molar-refractivity contribution in [2.24, 2.45) is 46.3 Å². The fourth-order valence-corrected chi connectivity index (χ4v) is 10.0. The minimum absolute atomic E-state index is 0.00846. The smallest absolute Gasteiger partial charge is 0.331 e. The van der Waals surface area contributed by atoms with Crippen molar-refractivity contribution in [1.82, 2.24) is 10.1 Å². The van der Waals surface area contributed by atoms with Crippen LogP contribution in [0, 0.1) is 46.3 Å². The van der Waals surface area contributed by atoms with Gasteiger partial charge in [0.05, 0.1) is 10.8 Å². The van der Waals surface area contributed by atoms with Crippen LogP contribution in [0.25, 0.3) is 0 Å². The molecule has 0 radical (unpaired) electrons. The quantitative estimate of drug-likeness (QED) is 0.647. The Balaban J connectivity index is 0.985. The van der Waals surface area contributed by atoms with E-state index in [0.717, 1.165) is 93.5 Å². The van der Waals surface area contributed by atoms with Gasteiger partial charge < -0.3 is 9.68 Å². The van der Waals surface area contributed by atoms with Crippen molar-refractivity contribution in [1.29, 1.82) is 0 Å². The molecule has 6 heteroatoms. The van der Waals surface area contributed by atoms with Gasteiger partial charge in [-0.05, 0) is 119 Å². The van der Waals surface area contributed by atoms with Crippen LogP contribution in [-0.2, 0) is 19.3 Å². The molecule has 0 aromatic carbocycles. The van der Waals surface area contributed by atoms with E-state index in [9.17, 15) is 9.59 Å². The first-order chi connectivity index (χ1) is 15.5. The first-order valence-corrected chi connectivity index (χ1v) is 13.4. The summed E-state index contributed by atoms with van der Waals surface area (Å²) < 4.78 is 0. The van der Waals surface area contributed by atoms with Gasteiger partial charge in [-0.15, -0.1) is 10.1 Å². The van der Waals surface area contributed by atoms with Gasteiger partial charge in [0.25, 0.3) is 0 Å². The van der Waals surface area contributed by atoms with Gasteiger partial charge in [0, 0.05) is 13.1 Å². The molecule has 9 rings (SSSR count). The van der Waals surface area contributed by atoms with Crippen LogP contribution >= 0.6 is 0 Å². The third kappa shape index (κ3) is 3.26. The van der Waals surface area contributed by atoms with Crippen molar-refractivity contribution in [3.05, 3.63) is 0 Å². The molecule has 0 aromatic heterocycles. The monoisotopic (exact) mass is 442 g/mol. The molecule has 1 aliphatic heterocycles. The number of hydroxylamine groups is 4. The minimum Gasteiger partial charge on any atom is -0.366 e. The zero-order valence-electron chi connectivity index (χ0n) is 19.3. The predicted octanol–water partition coefficient (Wildman–Crippen LogP) is 4.30. The van der Waals surface area contributed by atoms with Crippen molar-refractivity contribution >= 4 is 11.9 Å². The minimum atomic E-state index is -0.243. The molecule has 1 heterocycles. The highest BCUT2D eigenvalue weighted by Gasteiger charge is 2.57. The normalized spacial score (nSPS) is 49.4. The summed E-state index contributed by atoms with van der Waals surface area (Å²) in [4.78, 5) is 38.7. The number of rotatable bonds is 4. The van der Waals surface area contributed by atoms with Crippen LogP contribution in [0.3, 0.4) is 0 Å². The summed E-state index contributed by atoms with van der Waals surface area (Å²) in [5, 5.41) is 3.52. The van der Waals surface area contributed by atoms with E-state index in [0.29, 0.717) is 6.67 Å². The second-order valence-corrected chi connectivity index (χ2v) is 13.1. The number of carbonyl (C=O) groups excluding carboxylic acids is 2. The molecule has 32 heavy (non-hydrogen) atoms. The lowest BCUT2D eigenvalue weighted by Crippen LogP contribution is -2.55. The molecule has 9 fully saturated rings. The van der Waals surface area contributed by atoms with Gasteiger partial charge in [-0.3, -0.25) is 0 Å². The summed E-state index contributed by atoms with van der Waals surface area (Å²) in [7, 11) is 0. The summed E-state index contributed by atoms with van der Waals surface area (Å²) in [5.41, 5.74) is -0.486. The predicted molar refractivity (Wildman–Crippen MR) is 116 cm³/mol. The molecule has 0 atom stereocenters. The Labute approximate surface area is 191 Å². The fourth-order valence-electron chi connectivity index (χ4n) is 10.0. The molecule has 1 saturated heterocycles. The largest absolute Gasteiger partial charge is 0.366 e. The van der Waals surface area contributed by atoms with E-state index in [1.54, 1.807) is 10.1 Å². The Morgan fingerprint density at radius 3 is 1.19 bits per heavy atom. The highest BCUT2D eigenvalue weighted by atomic mass is 16.7. The van der Waals surface area contributed by atoms with E-state index in [2.05, 4.69) is 0 Å². The molecule has 0 amide bonds. The van der Waals surface area contributed by atoms with E-state index < -0.39 is 0 Å². The van der Waals surface area contributed by atoms with E-state index in [-0.39, 0.29) is 22.8 Å². The summed E-state index contributed by atoms with van der Waals surface area (Å²) in [5.74, 6) is 4.36. The SMILES string of the molecule is O=C(ON1CCCN(OC(=O)C23CC4CC(CC(C4)C2)C3)C1)C12CC3CC(CC(C3)C1)C2. The molecule has 0 unspecified atom stereocenters. The molecule has 8 bridgehead atoms. The van der Waals surface area contributed by atoms with E-state index in [1.165, 1.54) is 38.5 Å². The van der Waals surface area contributed by atoms with Crippen LogP contribution < -0.4 is 0 Å². The van der Waals surface area contributed by atoms with Crippen LogP contribution in [0.1, 0.15) is 83.5 Å². The van der Waals surface area contributed by atoms with Crippen LogP contribution in [0.5, 0.6) is 0 Å². The first-order valence-electron chi connectivity index (χ1n) is 13.4. The highest BCUT2D eigenvalue weighted by molar-refractivity contribution is 5.78. The summed E-state index contributed by atoms with van der Waals surface area (Å²) in [6.45, 7) is 1.84. The molecule has 8 saturated carbocycles. The van der Waals surface area contributed by atoms with Gasteiger partial charge in [0.15, 0.2) is 0 Å². The van der Waals surface area contributed by atoms with Crippen molar-refractivity contribution in [2.45, 2.75) is 83.5 Å². The highest BCUT2D eigenvalue weighted by Crippen LogP contribution is 2.61. The number of hydrogen-bond donors (Lipinski definition) is 0. The molecule has 0 spiro atoms. The average molecular weight is 443 g/mol. The van der Waals surface area contributed by atoms with E-state index >= 15 is 0 Å². The molecule has 176 valence electrons. The lowest BCUT2D eigenvalue weighted by atomic mass is 9.49. The Morgan fingerprint density at radius 2 is 0.875 bits per heavy atom. The maximum absolute atomic E-state index is 13.3. The van der Waals surface area contributed by atoms with Crippen molar-refractivity contribution < 1.29 is 19.3 Å². The summed E-state index contributed by atoms with van der Waals surface area (Å²) >= 11 is 0. The van der Waals surface area contributed by atoms with Crippen LogP contribution in [0.15, 0.2) is 0 Å². The Morgan fingerprint density at radius 1 is 0.562 bits per heavy atom. The topological polar surface area (TPSA) is 59.1 Å². The fraction of sp³-hybridized carbons (Fsp3) is 0.923. The summed E-state index contributed by atoms with van der Waals surface area (Å²) in [6.07, 6.45) is 14.9. The van der Waals surface area contributed by atoms with Crippen molar-refractivity contribution in [3.8, 4) is 0 Å². The van der Waals surface area contributed by atoms with Gasteiger partial charge in [-0.1, -0.05) is 0 Å². The Bertz CT molecular complexity index is 675. The van der Waals surface area contributed by atoms with E-state index in [4.69, 9.17) is 9.68 Å². The third-order valence-corrected chi connectivity index (χ3v) is 10.5. The Hall–Kier alpha value is -1.14. The first kappa shape index (κ1) is 20.3. The van der Waals surface area contributed by atoms with Crippen LogP contribution in [0.4, 0.5) is 0 Å². The maximum Gasteiger partial charge on any atom is 0.331 e. The van der Waals surface area contributed by atoms with Crippen LogP contribution in [0.2, 0.25) is 0 Å². The zero-order valence-corrected chi connectivity index (χ0v) is 19.3. The lowest BCUT2D eigenvalue weighted by Gasteiger charge is -2.55. The van der Waals surface area contributed by atoms with Gasteiger partial charge >= 0.3 is 11.9 Å². The molecule has 9 aliphatic rings. The third-order valence-electron chi connectivity index (χ3n) is 10.5. The average Bonchev–Trinajstić information content (AvgIpc) is 2.72. The molecular weight excluding hydrogens is 404 g/mol. The number of carbonyl (C=O) groups is 2. The van der Waals surface area contributed by atoms with Gasteiger partial charge in [0.1, 0.15) is 6.67 Å². The second kappa shape index (κ2) is 7.18. The Kier molecular flexibility index (Phi) is 4.54.